The fourth-order valence-electron chi connectivity index (χ4n) is 2.94. The summed E-state index contributed by atoms with van der Waals surface area (Å²) in [5.74, 6) is -0.532. The predicted molar refractivity (Wildman–Crippen MR) is 96.1 cm³/mol. The number of nitrogens with two attached hydrogens (primary N) is 1. The Bertz CT molecular complexity index is 940. The predicted octanol–water partition coefficient (Wildman–Crippen LogP) is 4.15. The van der Waals surface area contributed by atoms with Crippen LogP contribution in [0.2, 0.25) is 5.02 Å². The van der Waals surface area contributed by atoms with E-state index < -0.39 is 5.92 Å². The number of carbonyl (C=O) groups is 1. The zero-order valence-corrected chi connectivity index (χ0v) is 14.2. The van der Waals surface area contributed by atoms with Crippen LogP contribution < -0.4 is 5.73 Å². The molecule has 0 unspecified atom stereocenters. The first-order chi connectivity index (χ1) is 12.0. The molecule has 0 aliphatic carbocycles. The van der Waals surface area contributed by atoms with Gasteiger partial charge in [-0.25, -0.2) is 0 Å². The number of halogens is 1. The van der Waals surface area contributed by atoms with Crippen molar-refractivity contribution < 1.29 is 9.53 Å². The van der Waals surface area contributed by atoms with E-state index in [2.05, 4.69) is 6.07 Å². The molecule has 0 saturated heterocycles. The Balaban J connectivity index is 2.31. The van der Waals surface area contributed by atoms with Crippen molar-refractivity contribution in [2.24, 2.45) is 5.73 Å². The number of benzene rings is 2. The number of hydrogen-bond donors (Lipinski definition) is 1. The molecule has 0 amide bonds. The molecule has 2 aromatic rings. The lowest BCUT2D eigenvalue weighted by atomic mass is 9.80. The summed E-state index contributed by atoms with van der Waals surface area (Å²) < 4.78 is 5.69. The monoisotopic (exact) mass is 350 g/mol. The first kappa shape index (κ1) is 16.8. The summed E-state index contributed by atoms with van der Waals surface area (Å²) in [6, 6.07) is 18.4. The zero-order chi connectivity index (χ0) is 18.0. The Labute approximate surface area is 150 Å². The highest BCUT2D eigenvalue weighted by atomic mass is 35.5. The van der Waals surface area contributed by atoms with Gasteiger partial charge in [0, 0.05) is 10.6 Å². The molecule has 0 bridgehead atoms. The number of nitriles is 1. The van der Waals surface area contributed by atoms with E-state index in [1.165, 1.54) is 6.92 Å². The molecule has 0 spiro atoms. The van der Waals surface area contributed by atoms with Crippen molar-refractivity contribution in [3.05, 3.63) is 87.8 Å². The van der Waals surface area contributed by atoms with Crippen LogP contribution in [0.1, 0.15) is 24.0 Å². The van der Waals surface area contributed by atoms with Crippen molar-refractivity contribution in [1.29, 1.82) is 5.26 Å². The fourth-order valence-corrected chi connectivity index (χ4v) is 3.19. The largest absolute Gasteiger partial charge is 0.439 e. The average molecular weight is 351 g/mol. The van der Waals surface area contributed by atoms with E-state index >= 15 is 0 Å². The van der Waals surface area contributed by atoms with Crippen molar-refractivity contribution in [3.8, 4) is 6.07 Å². The molecule has 25 heavy (non-hydrogen) atoms. The summed E-state index contributed by atoms with van der Waals surface area (Å²) in [5.41, 5.74) is 7.91. The van der Waals surface area contributed by atoms with Crippen LogP contribution in [0.25, 0.3) is 5.76 Å². The molecule has 1 atom stereocenters. The van der Waals surface area contributed by atoms with Crippen molar-refractivity contribution in [1.82, 2.24) is 0 Å². The standard InChI is InChI=1S/C20H15ClN2O2/c1-12(24)17-18(14-9-5-6-10-16(14)21)15(11-22)20(23)25-19(17)13-7-3-2-4-8-13/h2-10,18H,23H2,1H3/t18-/m1/s1. The number of carbonyl (C=O) groups excluding carboxylic acids is 1. The number of Topliss-reactive ketones (excluding diaryl/α,β-unsaturated/α-hetero) is 1. The second-order valence-electron chi connectivity index (χ2n) is 5.61. The second-order valence-corrected chi connectivity index (χ2v) is 6.02. The van der Waals surface area contributed by atoms with Gasteiger partial charge in [0.05, 0.1) is 11.5 Å². The highest BCUT2D eigenvalue weighted by Crippen LogP contribution is 2.44. The summed E-state index contributed by atoms with van der Waals surface area (Å²) in [7, 11) is 0. The van der Waals surface area contributed by atoms with E-state index in [-0.39, 0.29) is 17.2 Å². The topological polar surface area (TPSA) is 76.1 Å². The Kier molecular flexibility index (Phi) is 4.60. The number of hydrogen-bond acceptors (Lipinski definition) is 4. The Morgan fingerprint density at radius 2 is 1.80 bits per heavy atom. The lowest BCUT2D eigenvalue weighted by molar-refractivity contribution is -0.113. The number of rotatable bonds is 3. The molecule has 2 aromatic carbocycles. The maximum atomic E-state index is 12.5. The third kappa shape index (κ3) is 3.02. The maximum Gasteiger partial charge on any atom is 0.205 e. The van der Waals surface area contributed by atoms with Gasteiger partial charge in [-0.05, 0) is 18.6 Å². The smallest absolute Gasteiger partial charge is 0.205 e. The van der Waals surface area contributed by atoms with Crippen molar-refractivity contribution >= 4 is 23.1 Å². The Hall–Kier alpha value is -3.03. The molecule has 4 nitrogen and oxygen atoms in total. The quantitative estimate of drug-likeness (QED) is 0.902. The van der Waals surface area contributed by atoms with Gasteiger partial charge in [0.25, 0.3) is 0 Å². The molecular weight excluding hydrogens is 336 g/mol. The fraction of sp³-hybridized carbons (Fsp3) is 0.100. The van der Waals surface area contributed by atoms with Gasteiger partial charge >= 0.3 is 0 Å². The molecule has 124 valence electrons. The lowest BCUT2D eigenvalue weighted by Crippen LogP contribution is -2.23. The van der Waals surface area contributed by atoms with Crippen LogP contribution in [-0.2, 0) is 9.53 Å². The van der Waals surface area contributed by atoms with Crippen LogP contribution in [0.15, 0.2) is 71.6 Å². The van der Waals surface area contributed by atoms with Gasteiger partial charge in [-0.1, -0.05) is 60.1 Å². The molecule has 0 saturated carbocycles. The Morgan fingerprint density at radius 3 is 2.40 bits per heavy atom. The highest BCUT2D eigenvalue weighted by molar-refractivity contribution is 6.31. The van der Waals surface area contributed by atoms with Crippen LogP contribution in [0.5, 0.6) is 0 Å². The van der Waals surface area contributed by atoms with E-state index in [0.717, 1.165) is 0 Å². The molecule has 1 heterocycles. The van der Waals surface area contributed by atoms with Crippen LogP contribution in [-0.4, -0.2) is 5.78 Å². The number of ketones is 1. The van der Waals surface area contributed by atoms with Crippen molar-refractivity contribution in [3.63, 3.8) is 0 Å². The van der Waals surface area contributed by atoms with Gasteiger partial charge in [-0.2, -0.15) is 5.26 Å². The summed E-state index contributed by atoms with van der Waals surface area (Å²) >= 11 is 6.34. The average Bonchev–Trinajstić information content (AvgIpc) is 2.61. The van der Waals surface area contributed by atoms with Crippen LogP contribution in [0, 0.1) is 11.3 Å². The molecule has 5 heteroatoms. The van der Waals surface area contributed by atoms with E-state index in [4.69, 9.17) is 22.1 Å². The summed E-state index contributed by atoms with van der Waals surface area (Å²) in [4.78, 5) is 12.5. The van der Waals surface area contributed by atoms with E-state index in [0.29, 0.717) is 27.5 Å². The lowest BCUT2D eigenvalue weighted by Gasteiger charge is -2.28. The Morgan fingerprint density at radius 1 is 1.16 bits per heavy atom. The van der Waals surface area contributed by atoms with Gasteiger partial charge < -0.3 is 10.5 Å². The summed E-state index contributed by atoms with van der Waals surface area (Å²) in [6.45, 7) is 1.45. The normalized spacial score (nSPS) is 17.1. The summed E-state index contributed by atoms with van der Waals surface area (Å²) in [5, 5.41) is 10.1. The SMILES string of the molecule is CC(=O)C1=C(c2ccccc2)OC(N)=C(C#N)[C@H]1c1ccccc1Cl. The second kappa shape index (κ2) is 6.84. The molecule has 1 aliphatic heterocycles. The molecule has 2 N–H and O–H groups in total. The minimum atomic E-state index is -0.667. The molecule has 0 radical (unpaired) electrons. The van der Waals surface area contributed by atoms with E-state index in [1.807, 2.05) is 36.4 Å². The third-order valence-electron chi connectivity index (χ3n) is 4.05. The first-order valence-electron chi connectivity index (χ1n) is 7.67. The molecule has 0 aromatic heterocycles. The maximum absolute atomic E-state index is 12.5. The number of ether oxygens (including phenoxy) is 1. The highest BCUT2D eigenvalue weighted by Gasteiger charge is 2.36. The molecular formula is C20H15ClN2O2. The third-order valence-corrected chi connectivity index (χ3v) is 4.40. The van der Waals surface area contributed by atoms with E-state index in [1.54, 1.807) is 18.2 Å². The van der Waals surface area contributed by atoms with Crippen molar-refractivity contribution in [2.45, 2.75) is 12.8 Å². The first-order valence-corrected chi connectivity index (χ1v) is 8.05. The van der Waals surface area contributed by atoms with Gasteiger partial charge in [-0.15, -0.1) is 0 Å². The number of nitrogens with zero attached hydrogens (tertiary/aromatic N) is 1. The number of allylic oxidation sites excluding steroid dienone is 2. The van der Waals surface area contributed by atoms with Gasteiger partial charge in [0.15, 0.2) is 5.78 Å². The minimum absolute atomic E-state index is 0.0173. The van der Waals surface area contributed by atoms with Crippen molar-refractivity contribution in [2.75, 3.05) is 0 Å². The summed E-state index contributed by atoms with van der Waals surface area (Å²) in [6.07, 6.45) is 0. The van der Waals surface area contributed by atoms with Gasteiger partial charge in [-0.3, -0.25) is 4.79 Å². The minimum Gasteiger partial charge on any atom is -0.439 e. The van der Waals surface area contributed by atoms with E-state index in [9.17, 15) is 10.1 Å². The zero-order valence-electron chi connectivity index (χ0n) is 13.5. The van der Waals surface area contributed by atoms with Gasteiger partial charge in [0.1, 0.15) is 17.4 Å². The van der Waals surface area contributed by atoms with Gasteiger partial charge in [0.2, 0.25) is 5.88 Å². The molecule has 3 rings (SSSR count). The molecule has 1 aliphatic rings. The molecule has 0 fully saturated rings. The van der Waals surface area contributed by atoms with Crippen LogP contribution in [0.4, 0.5) is 0 Å². The van der Waals surface area contributed by atoms with Crippen LogP contribution >= 0.6 is 11.6 Å². The van der Waals surface area contributed by atoms with Crippen LogP contribution in [0.3, 0.4) is 0 Å².